The summed E-state index contributed by atoms with van der Waals surface area (Å²) in [4.78, 5) is 0. The molecule has 2 rings (SSSR count). The van der Waals surface area contributed by atoms with Crippen LogP contribution in [0.15, 0.2) is 11.6 Å². The SMILES string of the molecule is C1=C2CCC(C1)C2.[PbH2]. The molecule has 0 heterocycles. The van der Waals surface area contributed by atoms with Gasteiger partial charge in [0.25, 0.3) is 0 Å². The molecule has 1 atom stereocenters. The van der Waals surface area contributed by atoms with E-state index in [0.717, 1.165) is 5.92 Å². The van der Waals surface area contributed by atoms with Crippen molar-refractivity contribution < 1.29 is 0 Å². The molecule has 0 spiro atoms. The van der Waals surface area contributed by atoms with Gasteiger partial charge in [0, 0.05) is 0 Å². The van der Waals surface area contributed by atoms with Crippen LogP contribution < -0.4 is 0 Å². The molecule has 0 saturated heterocycles. The van der Waals surface area contributed by atoms with E-state index in [9.17, 15) is 0 Å². The standard InChI is InChI=1S/C7H10.Pb.2H/c1-2-7-4-3-6(1)5-7;;;/h1,7H,2-5H2;;;. The fourth-order valence-corrected chi connectivity index (χ4v) is 1.68. The van der Waals surface area contributed by atoms with E-state index in [2.05, 4.69) is 6.08 Å². The number of fused-ring (bicyclic) bond motifs is 2. The molecule has 1 fully saturated rings. The quantitative estimate of drug-likeness (QED) is 0.466. The van der Waals surface area contributed by atoms with E-state index >= 15 is 0 Å². The number of rotatable bonds is 0. The van der Waals surface area contributed by atoms with Gasteiger partial charge in [-0.2, -0.15) is 0 Å². The molecule has 1 unspecified atom stereocenters. The van der Waals surface area contributed by atoms with Gasteiger partial charge >= 0.3 is 27.3 Å². The minimum absolute atomic E-state index is 0. The minimum atomic E-state index is 0. The molecule has 1 heteroatoms. The third kappa shape index (κ3) is 0.994. The van der Waals surface area contributed by atoms with Crippen molar-refractivity contribution in [1.82, 2.24) is 0 Å². The Kier molecular flexibility index (Phi) is 2.12. The van der Waals surface area contributed by atoms with E-state index in [1.165, 1.54) is 25.7 Å². The van der Waals surface area contributed by atoms with Crippen LogP contribution in [-0.2, 0) is 0 Å². The summed E-state index contributed by atoms with van der Waals surface area (Å²) in [6.07, 6.45) is 8.18. The normalized spacial score (nSPS) is 32.0. The predicted octanol–water partition coefficient (Wildman–Crippen LogP) is 1.20. The third-order valence-corrected chi connectivity index (χ3v) is 2.16. The zero-order valence-electron chi connectivity index (χ0n) is 5.19. The van der Waals surface area contributed by atoms with E-state index in [1.807, 2.05) is 0 Å². The van der Waals surface area contributed by atoms with E-state index < -0.39 is 0 Å². The molecule has 0 nitrogen and oxygen atoms in total. The summed E-state index contributed by atoms with van der Waals surface area (Å²) >= 11 is 0. The van der Waals surface area contributed by atoms with Crippen molar-refractivity contribution in [1.29, 1.82) is 0 Å². The molecule has 2 radical (unpaired) electrons. The van der Waals surface area contributed by atoms with Crippen molar-refractivity contribution in [3.05, 3.63) is 11.6 Å². The monoisotopic (exact) mass is 304 g/mol. The first-order chi connectivity index (χ1) is 3.45. The van der Waals surface area contributed by atoms with Gasteiger partial charge in [0.05, 0.1) is 0 Å². The Hall–Kier alpha value is 0.662. The van der Waals surface area contributed by atoms with Crippen LogP contribution in [0.25, 0.3) is 0 Å². The van der Waals surface area contributed by atoms with Gasteiger partial charge in [0.1, 0.15) is 0 Å². The van der Waals surface area contributed by atoms with Crippen LogP contribution in [0.1, 0.15) is 25.7 Å². The topological polar surface area (TPSA) is 0 Å². The van der Waals surface area contributed by atoms with Gasteiger partial charge in [-0.25, -0.2) is 0 Å². The van der Waals surface area contributed by atoms with Crippen LogP contribution in [0, 0.1) is 5.92 Å². The van der Waals surface area contributed by atoms with Crippen molar-refractivity contribution in [3.63, 3.8) is 0 Å². The van der Waals surface area contributed by atoms with Crippen LogP contribution in [0.3, 0.4) is 0 Å². The molecular weight excluding hydrogens is 291 g/mol. The second-order valence-electron chi connectivity index (χ2n) is 2.71. The van der Waals surface area contributed by atoms with Crippen molar-refractivity contribution in [2.24, 2.45) is 5.92 Å². The predicted molar refractivity (Wildman–Crippen MR) is 38.6 cm³/mol. The Labute approximate surface area is 70.5 Å². The van der Waals surface area contributed by atoms with Gasteiger partial charge < -0.3 is 0 Å². The summed E-state index contributed by atoms with van der Waals surface area (Å²) in [5.74, 6) is 1.08. The molecule has 44 valence electrons. The van der Waals surface area contributed by atoms with Gasteiger partial charge in [-0.3, -0.25) is 0 Å². The summed E-state index contributed by atoms with van der Waals surface area (Å²) in [6, 6.07) is 0. The molecular formula is C7H12Pb. The fourth-order valence-electron chi connectivity index (χ4n) is 1.68. The Bertz CT molecular complexity index is 116. The third-order valence-electron chi connectivity index (χ3n) is 2.16. The maximum atomic E-state index is 2.42. The summed E-state index contributed by atoms with van der Waals surface area (Å²) in [5, 5.41) is 0. The first-order valence-electron chi connectivity index (χ1n) is 3.13. The first kappa shape index (κ1) is 6.78. The second-order valence-corrected chi connectivity index (χ2v) is 2.71. The molecule has 0 aromatic carbocycles. The molecule has 1 saturated carbocycles. The molecule has 2 bridgehead atoms. The van der Waals surface area contributed by atoms with Gasteiger partial charge in [-0.1, -0.05) is 11.6 Å². The number of allylic oxidation sites excluding steroid dienone is 2. The van der Waals surface area contributed by atoms with Gasteiger partial charge in [0.15, 0.2) is 0 Å². The summed E-state index contributed by atoms with van der Waals surface area (Å²) < 4.78 is 0. The van der Waals surface area contributed by atoms with Gasteiger partial charge in [-0.15, -0.1) is 0 Å². The Balaban J connectivity index is 0.000000320. The molecule has 0 aromatic heterocycles. The van der Waals surface area contributed by atoms with Gasteiger partial charge in [0.2, 0.25) is 0 Å². The van der Waals surface area contributed by atoms with E-state index in [4.69, 9.17) is 0 Å². The summed E-state index contributed by atoms with van der Waals surface area (Å²) in [6.45, 7) is 0. The van der Waals surface area contributed by atoms with Crippen molar-refractivity contribution >= 4 is 27.3 Å². The molecule has 2 aliphatic rings. The molecule has 8 heavy (non-hydrogen) atoms. The van der Waals surface area contributed by atoms with Crippen LogP contribution in [0.4, 0.5) is 0 Å². The molecule has 0 amide bonds. The Morgan fingerprint density at radius 1 is 1.50 bits per heavy atom. The van der Waals surface area contributed by atoms with E-state index in [0.29, 0.717) is 0 Å². The molecule has 0 aliphatic heterocycles. The van der Waals surface area contributed by atoms with Crippen LogP contribution in [-0.4, -0.2) is 27.3 Å². The Morgan fingerprint density at radius 3 is 2.50 bits per heavy atom. The van der Waals surface area contributed by atoms with Gasteiger partial charge in [-0.05, 0) is 31.6 Å². The molecule has 2 aliphatic carbocycles. The van der Waals surface area contributed by atoms with Crippen LogP contribution in [0.5, 0.6) is 0 Å². The Morgan fingerprint density at radius 2 is 2.38 bits per heavy atom. The van der Waals surface area contributed by atoms with E-state index in [-0.39, 0.29) is 27.3 Å². The first-order valence-corrected chi connectivity index (χ1v) is 3.13. The average molecular weight is 303 g/mol. The zero-order chi connectivity index (χ0) is 4.69. The van der Waals surface area contributed by atoms with Crippen LogP contribution >= 0.6 is 0 Å². The average Bonchev–Trinajstić information content (AvgIpc) is 2.22. The molecule has 0 aromatic rings. The second kappa shape index (κ2) is 2.50. The molecule has 0 N–H and O–H groups in total. The maximum absolute atomic E-state index is 2.42. The zero-order valence-corrected chi connectivity index (χ0v) is 10.7. The van der Waals surface area contributed by atoms with Crippen molar-refractivity contribution in [2.75, 3.05) is 0 Å². The van der Waals surface area contributed by atoms with Crippen molar-refractivity contribution in [3.8, 4) is 0 Å². The van der Waals surface area contributed by atoms with Crippen LogP contribution in [0.2, 0.25) is 0 Å². The van der Waals surface area contributed by atoms with E-state index in [1.54, 1.807) is 5.57 Å². The number of hydrogen-bond donors (Lipinski definition) is 0. The fraction of sp³-hybridized carbons (Fsp3) is 0.714. The van der Waals surface area contributed by atoms with Crippen molar-refractivity contribution in [2.45, 2.75) is 25.7 Å². The summed E-state index contributed by atoms with van der Waals surface area (Å²) in [7, 11) is 0. The summed E-state index contributed by atoms with van der Waals surface area (Å²) in [5.41, 5.74) is 1.74. The number of hydrogen-bond acceptors (Lipinski definition) is 0.